The molecule has 0 fully saturated rings. The highest BCUT2D eigenvalue weighted by Crippen LogP contribution is 2.30. The molecule has 0 aliphatic heterocycles. The molecule has 2 rings (SSSR count). The third kappa shape index (κ3) is 7.02. The third-order valence-electron chi connectivity index (χ3n) is 5.24. The summed E-state index contributed by atoms with van der Waals surface area (Å²) in [7, 11) is 1.45. The van der Waals surface area contributed by atoms with E-state index in [1.807, 2.05) is 19.0 Å². The van der Waals surface area contributed by atoms with Crippen LogP contribution >= 0.6 is 0 Å². The van der Waals surface area contributed by atoms with Crippen molar-refractivity contribution >= 4 is 15.9 Å². The summed E-state index contributed by atoms with van der Waals surface area (Å²) >= 11 is 0. The van der Waals surface area contributed by atoms with Crippen molar-refractivity contribution in [2.45, 2.75) is 37.5 Å². The summed E-state index contributed by atoms with van der Waals surface area (Å²) in [4.78, 5) is 16.6. The maximum absolute atomic E-state index is 13.2. The molecule has 2 aromatic rings. The fraction of sp³-hybridized carbons (Fsp3) is 0.435. The van der Waals surface area contributed by atoms with Crippen molar-refractivity contribution in [2.24, 2.45) is 0 Å². The fourth-order valence-electron chi connectivity index (χ4n) is 3.04. The average molecular weight is 486 g/mol. The van der Waals surface area contributed by atoms with Gasteiger partial charge in [-0.3, -0.25) is 4.79 Å². The number of alkyl halides is 3. The zero-order valence-corrected chi connectivity index (χ0v) is 20.2. The number of carbonyl (C=O) groups is 1. The minimum Gasteiger partial charge on any atom is -0.333 e. The van der Waals surface area contributed by atoms with Crippen molar-refractivity contribution in [3.8, 4) is 0 Å². The van der Waals surface area contributed by atoms with Gasteiger partial charge < -0.3 is 9.80 Å². The van der Waals surface area contributed by atoms with Gasteiger partial charge in [0.1, 0.15) is 0 Å². The second kappa shape index (κ2) is 10.7. The number of benzene rings is 2. The number of rotatable bonds is 9. The highest BCUT2D eigenvalue weighted by molar-refractivity contribution is 7.89. The Hall–Kier alpha value is -2.43. The van der Waals surface area contributed by atoms with Gasteiger partial charge in [-0.1, -0.05) is 12.1 Å². The number of hydrogen-bond acceptors (Lipinski definition) is 4. The lowest BCUT2D eigenvalue weighted by Crippen LogP contribution is -2.36. The van der Waals surface area contributed by atoms with Gasteiger partial charge in [0.15, 0.2) is 0 Å². The maximum Gasteiger partial charge on any atom is 0.416 e. The molecule has 0 radical (unpaired) electrons. The van der Waals surface area contributed by atoms with Gasteiger partial charge in [0.2, 0.25) is 10.0 Å². The van der Waals surface area contributed by atoms with E-state index in [-0.39, 0.29) is 29.6 Å². The Bertz CT molecular complexity index is 1050. The van der Waals surface area contributed by atoms with Crippen LogP contribution < -0.4 is 0 Å². The number of sulfonamides is 1. The van der Waals surface area contributed by atoms with Crippen molar-refractivity contribution in [3.05, 3.63) is 65.2 Å². The average Bonchev–Trinajstić information content (AvgIpc) is 2.75. The number of carbonyl (C=O) groups excluding carboxylic acids is 1. The predicted molar refractivity (Wildman–Crippen MR) is 121 cm³/mol. The van der Waals surface area contributed by atoms with Crippen LogP contribution in [0.4, 0.5) is 13.2 Å². The molecule has 0 atom stereocenters. The Balaban J connectivity index is 2.30. The SMILES string of the molecule is CC(C)N(C)S(=O)(=O)c1ccc(C(=O)N(CCN(C)C)Cc2cccc(C(F)(F)F)c2)cc1. The lowest BCUT2D eigenvalue weighted by Gasteiger charge is -2.25. The van der Waals surface area contributed by atoms with Crippen LogP contribution in [0.15, 0.2) is 53.4 Å². The van der Waals surface area contributed by atoms with Gasteiger partial charge in [0.25, 0.3) is 5.91 Å². The number of nitrogens with zero attached hydrogens (tertiary/aromatic N) is 3. The molecule has 0 aromatic heterocycles. The summed E-state index contributed by atoms with van der Waals surface area (Å²) in [5.41, 5.74) is -0.162. The summed E-state index contributed by atoms with van der Waals surface area (Å²) in [5.74, 6) is -0.393. The Morgan fingerprint density at radius 3 is 2.09 bits per heavy atom. The summed E-state index contributed by atoms with van der Waals surface area (Å²) in [5, 5.41) is 0. The van der Waals surface area contributed by atoms with E-state index >= 15 is 0 Å². The lowest BCUT2D eigenvalue weighted by atomic mass is 10.1. The van der Waals surface area contributed by atoms with Crippen molar-refractivity contribution in [2.75, 3.05) is 34.2 Å². The van der Waals surface area contributed by atoms with Crippen molar-refractivity contribution in [1.82, 2.24) is 14.1 Å². The van der Waals surface area contributed by atoms with Crippen molar-refractivity contribution in [3.63, 3.8) is 0 Å². The second-order valence-electron chi connectivity index (χ2n) is 8.37. The molecule has 0 heterocycles. The zero-order valence-electron chi connectivity index (χ0n) is 19.4. The van der Waals surface area contributed by atoms with Crippen LogP contribution in [0, 0.1) is 0 Å². The minimum atomic E-state index is -4.47. The van der Waals surface area contributed by atoms with Gasteiger partial charge in [-0.15, -0.1) is 0 Å². The summed E-state index contributed by atoms with van der Waals surface area (Å²) in [6.07, 6.45) is -4.47. The lowest BCUT2D eigenvalue weighted by molar-refractivity contribution is -0.137. The molecule has 6 nitrogen and oxygen atoms in total. The number of hydrogen-bond donors (Lipinski definition) is 0. The molecule has 10 heteroatoms. The third-order valence-corrected chi connectivity index (χ3v) is 7.29. The van der Waals surface area contributed by atoms with Crippen LogP contribution in [-0.2, 0) is 22.7 Å². The monoisotopic (exact) mass is 485 g/mol. The molecule has 0 N–H and O–H groups in total. The molecular formula is C23H30F3N3O3S. The molecule has 0 saturated heterocycles. The minimum absolute atomic E-state index is 0.00721. The molecule has 0 spiro atoms. The molecule has 0 saturated carbocycles. The molecule has 0 bridgehead atoms. The molecule has 2 aromatic carbocycles. The van der Waals surface area contributed by atoms with Crippen LogP contribution in [0.2, 0.25) is 0 Å². The number of likely N-dealkylation sites (N-methyl/N-ethyl adjacent to an activating group) is 1. The first-order valence-corrected chi connectivity index (χ1v) is 11.9. The van der Waals surface area contributed by atoms with E-state index < -0.39 is 27.7 Å². The molecule has 0 aliphatic carbocycles. The predicted octanol–water partition coefficient (Wildman–Crippen LogP) is 3.94. The fourth-order valence-corrected chi connectivity index (χ4v) is 4.40. The van der Waals surface area contributed by atoms with E-state index in [1.54, 1.807) is 19.9 Å². The Morgan fingerprint density at radius 1 is 0.970 bits per heavy atom. The Kier molecular flexibility index (Phi) is 8.67. The zero-order chi connectivity index (χ0) is 25.0. The first kappa shape index (κ1) is 26.8. The van der Waals surface area contributed by atoms with E-state index in [0.29, 0.717) is 12.1 Å². The molecule has 1 amide bonds. The Labute approximate surface area is 193 Å². The van der Waals surface area contributed by atoms with Crippen LogP contribution in [0.1, 0.15) is 35.3 Å². The maximum atomic E-state index is 13.2. The number of halogens is 3. The van der Waals surface area contributed by atoms with E-state index in [4.69, 9.17) is 0 Å². The highest BCUT2D eigenvalue weighted by Gasteiger charge is 2.30. The first-order chi connectivity index (χ1) is 15.2. The van der Waals surface area contributed by atoms with E-state index in [9.17, 15) is 26.4 Å². The van der Waals surface area contributed by atoms with Gasteiger partial charge in [0.05, 0.1) is 10.5 Å². The summed E-state index contributed by atoms with van der Waals surface area (Å²) in [6.45, 7) is 4.30. The Morgan fingerprint density at radius 2 is 1.58 bits per heavy atom. The van der Waals surface area contributed by atoms with Crippen LogP contribution in [0.5, 0.6) is 0 Å². The van der Waals surface area contributed by atoms with Crippen LogP contribution in [-0.4, -0.2) is 68.7 Å². The second-order valence-corrected chi connectivity index (χ2v) is 10.4. The van der Waals surface area contributed by atoms with E-state index in [0.717, 1.165) is 12.1 Å². The van der Waals surface area contributed by atoms with Gasteiger partial charge >= 0.3 is 6.18 Å². The first-order valence-electron chi connectivity index (χ1n) is 10.4. The molecule has 182 valence electrons. The molecule has 0 aliphatic rings. The number of amides is 1. The normalized spacial score (nSPS) is 12.6. The molecular weight excluding hydrogens is 455 g/mol. The molecule has 0 unspecified atom stereocenters. The van der Waals surface area contributed by atoms with Crippen LogP contribution in [0.25, 0.3) is 0 Å². The van der Waals surface area contributed by atoms with Gasteiger partial charge in [0, 0.05) is 38.3 Å². The quantitative estimate of drug-likeness (QED) is 0.540. The smallest absolute Gasteiger partial charge is 0.333 e. The van der Waals surface area contributed by atoms with E-state index in [2.05, 4.69) is 0 Å². The van der Waals surface area contributed by atoms with Gasteiger partial charge in [-0.05, 0) is 69.9 Å². The van der Waals surface area contributed by atoms with Gasteiger partial charge in [-0.2, -0.15) is 17.5 Å². The van der Waals surface area contributed by atoms with Gasteiger partial charge in [-0.25, -0.2) is 8.42 Å². The standard InChI is InChI=1S/C23H30F3N3O3S/c1-17(2)28(5)33(31,32)21-11-9-19(10-12-21)22(30)29(14-13-27(3)4)16-18-7-6-8-20(15-18)23(24,25)26/h6-12,15,17H,13-14,16H2,1-5H3. The van der Waals surface area contributed by atoms with Crippen LogP contribution in [0.3, 0.4) is 0 Å². The molecule has 33 heavy (non-hydrogen) atoms. The largest absolute Gasteiger partial charge is 0.416 e. The van der Waals surface area contributed by atoms with E-state index in [1.165, 1.54) is 46.6 Å². The summed E-state index contributed by atoms with van der Waals surface area (Å²) in [6, 6.07) is 10.3. The van der Waals surface area contributed by atoms with Crippen molar-refractivity contribution in [1.29, 1.82) is 0 Å². The summed E-state index contributed by atoms with van der Waals surface area (Å²) < 4.78 is 65.8. The van der Waals surface area contributed by atoms with Crippen molar-refractivity contribution < 1.29 is 26.4 Å². The highest BCUT2D eigenvalue weighted by atomic mass is 32.2. The topological polar surface area (TPSA) is 60.9 Å².